The van der Waals surface area contributed by atoms with Gasteiger partial charge in [-0.05, 0) is 17.7 Å². The second-order valence-corrected chi connectivity index (χ2v) is 5.30. The first-order valence-corrected chi connectivity index (χ1v) is 6.90. The lowest BCUT2D eigenvalue weighted by Crippen LogP contribution is -2.00. The van der Waals surface area contributed by atoms with Gasteiger partial charge < -0.3 is 5.11 Å². The minimum atomic E-state index is -0.871. The summed E-state index contributed by atoms with van der Waals surface area (Å²) >= 11 is 7.07. The highest BCUT2D eigenvalue weighted by molar-refractivity contribution is 7.99. The number of nitrogens with zero attached hydrogens (tertiary/aromatic N) is 3. The fourth-order valence-corrected chi connectivity index (χ4v) is 2.44. The second kappa shape index (κ2) is 6.08. The largest absolute Gasteiger partial charge is 0.481 e. The standard InChI is InChI=1S/C12H12ClN3O2S/c1-16-12(19-7-11(17)18)14-10(15-16)6-8-3-2-4-9(13)5-8/h2-5H,6-7H2,1H3,(H,17,18). The molecular formula is C12H12ClN3O2S. The molecule has 2 aromatic rings. The number of hydrogen-bond acceptors (Lipinski definition) is 4. The van der Waals surface area contributed by atoms with Gasteiger partial charge in [-0.3, -0.25) is 4.79 Å². The Morgan fingerprint density at radius 1 is 1.53 bits per heavy atom. The Labute approximate surface area is 119 Å². The molecule has 0 atom stereocenters. The molecule has 0 fully saturated rings. The minimum absolute atomic E-state index is 0.0247. The molecule has 0 radical (unpaired) electrons. The van der Waals surface area contributed by atoms with Crippen LogP contribution in [-0.2, 0) is 18.3 Å². The van der Waals surface area contributed by atoms with Crippen LogP contribution in [0.5, 0.6) is 0 Å². The van der Waals surface area contributed by atoms with Crippen molar-refractivity contribution in [1.82, 2.24) is 14.8 Å². The molecule has 0 aliphatic carbocycles. The van der Waals surface area contributed by atoms with Crippen molar-refractivity contribution in [1.29, 1.82) is 0 Å². The summed E-state index contributed by atoms with van der Waals surface area (Å²) in [6.07, 6.45) is 0.571. The van der Waals surface area contributed by atoms with E-state index in [4.69, 9.17) is 16.7 Å². The summed E-state index contributed by atoms with van der Waals surface area (Å²) in [7, 11) is 1.75. The third-order valence-electron chi connectivity index (χ3n) is 2.34. The van der Waals surface area contributed by atoms with Crippen LogP contribution in [0.2, 0.25) is 5.02 Å². The first-order chi connectivity index (χ1) is 9.04. The van der Waals surface area contributed by atoms with E-state index in [1.54, 1.807) is 11.7 Å². The maximum absolute atomic E-state index is 10.5. The van der Waals surface area contributed by atoms with Gasteiger partial charge in [-0.2, -0.15) is 5.10 Å². The van der Waals surface area contributed by atoms with Crippen molar-refractivity contribution >= 4 is 29.3 Å². The predicted molar refractivity (Wildman–Crippen MR) is 73.6 cm³/mol. The molecule has 1 aromatic heterocycles. The Hall–Kier alpha value is -1.53. The molecule has 5 nitrogen and oxygen atoms in total. The summed E-state index contributed by atoms with van der Waals surface area (Å²) in [5.41, 5.74) is 1.02. The first-order valence-electron chi connectivity index (χ1n) is 5.53. The highest BCUT2D eigenvalue weighted by Gasteiger charge is 2.10. The molecule has 1 heterocycles. The maximum Gasteiger partial charge on any atom is 0.313 e. The number of carboxylic acids is 1. The van der Waals surface area contributed by atoms with Crippen molar-refractivity contribution in [2.45, 2.75) is 11.6 Å². The average Bonchev–Trinajstić information content (AvgIpc) is 2.67. The van der Waals surface area contributed by atoms with Crippen molar-refractivity contribution in [2.24, 2.45) is 7.05 Å². The van der Waals surface area contributed by atoms with Crippen LogP contribution < -0.4 is 0 Å². The third-order valence-corrected chi connectivity index (χ3v) is 3.58. The molecule has 100 valence electrons. The van der Waals surface area contributed by atoms with E-state index >= 15 is 0 Å². The lowest BCUT2D eigenvalue weighted by Gasteiger charge is -1.97. The molecule has 0 spiro atoms. The van der Waals surface area contributed by atoms with Crippen molar-refractivity contribution in [3.63, 3.8) is 0 Å². The van der Waals surface area contributed by atoms with Gasteiger partial charge in [0.05, 0.1) is 5.75 Å². The first kappa shape index (κ1) is 13.9. The fourth-order valence-electron chi connectivity index (χ4n) is 1.58. The third kappa shape index (κ3) is 3.97. The summed E-state index contributed by atoms with van der Waals surface area (Å²) in [5.74, 6) is -0.245. The van der Waals surface area contributed by atoms with E-state index in [-0.39, 0.29) is 5.75 Å². The Morgan fingerprint density at radius 2 is 2.32 bits per heavy atom. The van der Waals surface area contributed by atoms with Gasteiger partial charge in [-0.25, -0.2) is 9.67 Å². The molecule has 0 aliphatic rings. The van der Waals surface area contributed by atoms with Crippen molar-refractivity contribution < 1.29 is 9.90 Å². The lowest BCUT2D eigenvalue weighted by molar-refractivity contribution is -0.133. The summed E-state index contributed by atoms with van der Waals surface area (Å²) in [6, 6.07) is 7.50. The fraction of sp³-hybridized carbons (Fsp3) is 0.250. The van der Waals surface area contributed by atoms with E-state index in [2.05, 4.69) is 10.1 Å². The number of aliphatic carboxylic acids is 1. The van der Waals surface area contributed by atoms with Crippen LogP contribution >= 0.6 is 23.4 Å². The highest BCUT2D eigenvalue weighted by atomic mass is 35.5. The van der Waals surface area contributed by atoms with Crippen LogP contribution in [0.25, 0.3) is 0 Å². The summed E-state index contributed by atoms with van der Waals surface area (Å²) < 4.78 is 1.59. The van der Waals surface area contributed by atoms with Gasteiger partial charge in [-0.15, -0.1) is 0 Å². The molecule has 0 unspecified atom stereocenters. The number of thioether (sulfide) groups is 1. The second-order valence-electron chi connectivity index (χ2n) is 3.92. The number of carbonyl (C=O) groups is 1. The van der Waals surface area contributed by atoms with E-state index in [9.17, 15) is 4.79 Å². The Morgan fingerprint density at radius 3 is 3.00 bits per heavy atom. The molecule has 0 aliphatic heterocycles. The van der Waals surface area contributed by atoms with E-state index in [1.807, 2.05) is 24.3 Å². The number of rotatable bonds is 5. The zero-order valence-electron chi connectivity index (χ0n) is 10.2. The molecule has 0 saturated heterocycles. The summed E-state index contributed by atoms with van der Waals surface area (Å²) in [4.78, 5) is 14.8. The zero-order valence-corrected chi connectivity index (χ0v) is 11.8. The van der Waals surface area contributed by atoms with Gasteiger partial charge in [0.15, 0.2) is 11.0 Å². The van der Waals surface area contributed by atoms with E-state index in [1.165, 1.54) is 0 Å². The minimum Gasteiger partial charge on any atom is -0.481 e. The van der Waals surface area contributed by atoms with Crippen molar-refractivity contribution in [2.75, 3.05) is 5.75 Å². The Bertz CT molecular complexity index is 600. The van der Waals surface area contributed by atoms with Crippen molar-refractivity contribution in [3.8, 4) is 0 Å². The Balaban J connectivity index is 2.09. The van der Waals surface area contributed by atoms with Crippen molar-refractivity contribution in [3.05, 3.63) is 40.7 Å². The molecule has 0 saturated carbocycles. The number of aryl methyl sites for hydroxylation is 1. The molecule has 0 amide bonds. The van der Waals surface area contributed by atoms with Crippen LogP contribution in [0.1, 0.15) is 11.4 Å². The van der Waals surface area contributed by atoms with Gasteiger partial charge in [-0.1, -0.05) is 35.5 Å². The summed E-state index contributed by atoms with van der Waals surface area (Å²) in [5, 5.41) is 14.2. The van der Waals surface area contributed by atoms with Gasteiger partial charge in [0.1, 0.15) is 0 Å². The van der Waals surface area contributed by atoms with E-state index < -0.39 is 5.97 Å². The number of aromatic nitrogens is 3. The van der Waals surface area contributed by atoms with E-state index in [0.29, 0.717) is 22.4 Å². The predicted octanol–water partition coefficient (Wildman–Crippen LogP) is 2.24. The number of halogens is 1. The SMILES string of the molecule is Cn1nc(Cc2cccc(Cl)c2)nc1SCC(=O)O. The molecule has 1 N–H and O–H groups in total. The quantitative estimate of drug-likeness (QED) is 0.857. The summed E-state index contributed by atoms with van der Waals surface area (Å²) in [6.45, 7) is 0. The normalized spacial score (nSPS) is 10.6. The van der Waals surface area contributed by atoms with Gasteiger partial charge in [0, 0.05) is 18.5 Å². The van der Waals surface area contributed by atoms with Crippen LogP contribution in [0, 0.1) is 0 Å². The van der Waals surface area contributed by atoms with Gasteiger partial charge in [0.2, 0.25) is 0 Å². The molecule has 1 aromatic carbocycles. The average molecular weight is 298 g/mol. The van der Waals surface area contributed by atoms with Gasteiger partial charge >= 0.3 is 5.97 Å². The van der Waals surface area contributed by atoms with E-state index in [0.717, 1.165) is 17.3 Å². The Kier molecular flexibility index (Phi) is 4.44. The lowest BCUT2D eigenvalue weighted by atomic mass is 10.1. The maximum atomic E-state index is 10.5. The van der Waals surface area contributed by atoms with Crippen LogP contribution in [-0.4, -0.2) is 31.6 Å². The van der Waals surface area contributed by atoms with Crippen LogP contribution in [0.3, 0.4) is 0 Å². The monoisotopic (exact) mass is 297 g/mol. The number of benzene rings is 1. The smallest absolute Gasteiger partial charge is 0.313 e. The topological polar surface area (TPSA) is 68.0 Å². The van der Waals surface area contributed by atoms with Crippen LogP contribution in [0.4, 0.5) is 0 Å². The van der Waals surface area contributed by atoms with Crippen LogP contribution in [0.15, 0.2) is 29.4 Å². The van der Waals surface area contributed by atoms with Gasteiger partial charge in [0.25, 0.3) is 0 Å². The zero-order chi connectivity index (χ0) is 13.8. The molecule has 0 bridgehead atoms. The molecule has 19 heavy (non-hydrogen) atoms. The molecular weight excluding hydrogens is 286 g/mol. The highest BCUT2D eigenvalue weighted by Crippen LogP contribution is 2.17. The molecule has 2 rings (SSSR count). The molecule has 7 heteroatoms. The number of hydrogen-bond donors (Lipinski definition) is 1. The number of carboxylic acid groups (broad SMARTS) is 1.